The number of rotatable bonds is 6. The Morgan fingerprint density at radius 2 is 2.04 bits per heavy atom. The van der Waals surface area contributed by atoms with Crippen LogP contribution in [0.4, 0.5) is 0 Å². The molecule has 0 radical (unpaired) electrons. The highest BCUT2D eigenvalue weighted by Crippen LogP contribution is 2.16. The molecule has 25 heavy (non-hydrogen) atoms. The number of amides is 1. The number of carbonyl (C=O) groups excluding carboxylic acids is 1. The van der Waals surface area contributed by atoms with Crippen LogP contribution in [0.5, 0.6) is 0 Å². The SMILES string of the molecule is CN(CCc1ccccn1)C(=O)CN=C(N)NC1CCCCCC1.I. The number of nitrogens with zero attached hydrogens (tertiary/aromatic N) is 3. The molecule has 0 spiro atoms. The number of hydrogen-bond acceptors (Lipinski definition) is 3. The molecule has 1 saturated carbocycles. The summed E-state index contributed by atoms with van der Waals surface area (Å²) in [5.74, 6) is 0.352. The quantitative estimate of drug-likeness (QED) is 0.296. The van der Waals surface area contributed by atoms with Gasteiger partial charge in [0.1, 0.15) is 6.54 Å². The number of nitrogens with two attached hydrogens (primary N) is 1. The van der Waals surface area contributed by atoms with Crippen LogP contribution >= 0.6 is 24.0 Å². The molecule has 1 aliphatic carbocycles. The van der Waals surface area contributed by atoms with Crippen molar-refractivity contribution in [2.24, 2.45) is 10.7 Å². The number of aliphatic imine (C=N–C) groups is 1. The van der Waals surface area contributed by atoms with Crippen molar-refractivity contribution in [1.82, 2.24) is 15.2 Å². The molecule has 140 valence electrons. The standard InChI is InChI=1S/C18H29N5O.HI/c1-23(13-11-15-8-6-7-12-20-15)17(24)14-21-18(19)22-16-9-4-2-3-5-10-16;/h6-8,12,16H,2-5,9-11,13-14H2,1H3,(H3,19,21,22);1H. The molecule has 3 N–H and O–H groups in total. The van der Waals surface area contributed by atoms with Gasteiger partial charge in [-0.3, -0.25) is 9.78 Å². The van der Waals surface area contributed by atoms with Crippen LogP contribution in [-0.4, -0.2) is 47.9 Å². The van der Waals surface area contributed by atoms with Crippen LogP contribution in [-0.2, 0) is 11.2 Å². The Kier molecular flexibility index (Phi) is 10.4. The van der Waals surface area contributed by atoms with Crippen molar-refractivity contribution < 1.29 is 4.79 Å². The first kappa shape index (κ1) is 21.7. The number of pyridine rings is 1. The normalized spacial score (nSPS) is 15.8. The van der Waals surface area contributed by atoms with Gasteiger partial charge in [0.2, 0.25) is 5.91 Å². The van der Waals surface area contributed by atoms with Crippen LogP contribution in [0.3, 0.4) is 0 Å². The maximum absolute atomic E-state index is 12.1. The summed E-state index contributed by atoms with van der Waals surface area (Å²) in [7, 11) is 1.79. The van der Waals surface area contributed by atoms with E-state index in [0.717, 1.165) is 25.0 Å². The number of hydrogen-bond donors (Lipinski definition) is 2. The number of likely N-dealkylation sites (N-methyl/N-ethyl adjacent to an activating group) is 1. The zero-order valence-corrected chi connectivity index (χ0v) is 17.3. The summed E-state index contributed by atoms with van der Waals surface area (Å²) in [6, 6.07) is 6.20. The first-order chi connectivity index (χ1) is 11.6. The van der Waals surface area contributed by atoms with Crippen molar-refractivity contribution in [2.75, 3.05) is 20.1 Å². The number of guanidine groups is 1. The Morgan fingerprint density at radius 1 is 1.32 bits per heavy atom. The van der Waals surface area contributed by atoms with Crippen LogP contribution < -0.4 is 11.1 Å². The van der Waals surface area contributed by atoms with Crippen molar-refractivity contribution in [3.05, 3.63) is 30.1 Å². The van der Waals surface area contributed by atoms with Crippen LogP contribution in [0.15, 0.2) is 29.4 Å². The Labute approximate surface area is 167 Å². The van der Waals surface area contributed by atoms with Gasteiger partial charge in [0, 0.05) is 37.9 Å². The minimum Gasteiger partial charge on any atom is -0.370 e. The van der Waals surface area contributed by atoms with Gasteiger partial charge < -0.3 is 16.0 Å². The first-order valence-electron chi connectivity index (χ1n) is 8.85. The first-order valence-corrected chi connectivity index (χ1v) is 8.85. The Bertz CT molecular complexity index is 530. The second-order valence-electron chi connectivity index (χ2n) is 6.42. The van der Waals surface area contributed by atoms with Gasteiger partial charge in [0.05, 0.1) is 0 Å². The molecule has 0 saturated heterocycles. The zero-order valence-electron chi connectivity index (χ0n) is 15.0. The molecule has 0 unspecified atom stereocenters. The van der Waals surface area contributed by atoms with Crippen LogP contribution in [0.2, 0.25) is 0 Å². The van der Waals surface area contributed by atoms with E-state index in [-0.39, 0.29) is 36.4 Å². The summed E-state index contributed by atoms with van der Waals surface area (Å²) in [6.07, 6.45) is 9.84. The minimum atomic E-state index is -0.0310. The molecule has 6 nitrogen and oxygen atoms in total. The van der Waals surface area contributed by atoms with Gasteiger partial charge in [-0.25, -0.2) is 4.99 Å². The lowest BCUT2D eigenvalue weighted by atomic mass is 10.1. The Morgan fingerprint density at radius 3 is 2.68 bits per heavy atom. The molecular weight excluding hydrogens is 429 g/mol. The highest BCUT2D eigenvalue weighted by atomic mass is 127. The second-order valence-corrected chi connectivity index (χ2v) is 6.42. The van der Waals surface area contributed by atoms with E-state index in [1.165, 1.54) is 25.7 Å². The zero-order chi connectivity index (χ0) is 17.2. The maximum Gasteiger partial charge on any atom is 0.244 e. The molecule has 1 aromatic rings. The number of nitrogens with one attached hydrogen (secondary N) is 1. The van der Waals surface area contributed by atoms with Crippen molar-refractivity contribution in [3.63, 3.8) is 0 Å². The third-order valence-corrected chi connectivity index (χ3v) is 4.45. The number of halogens is 1. The fraction of sp³-hybridized carbons (Fsp3) is 0.611. The van der Waals surface area contributed by atoms with E-state index in [4.69, 9.17) is 5.73 Å². The molecular formula is C18H30IN5O. The van der Waals surface area contributed by atoms with Crippen LogP contribution in [0.25, 0.3) is 0 Å². The molecule has 7 heteroatoms. The molecule has 0 atom stereocenters. The van der Waals surface area contributed by atoms with Gasteiger partial charge in [0.25, 0.3) is 0 Å². The van der Waals surface area contributed by atoms with Gasteiger partial charge in [-0.2, -0.15) is 0 Å². The van der Waals surface area contributed by atoms with Crippen molar-refractivity contribution >= 4 is 35.8 Å². The average Bonchev–Trinajstić information content (AvgIpc) is 2.87. The van der Waals surface area contributed by atoms with Gasteiger partial charge in [0.15, 0.2) is 5.96 Å². The van der Waals surface area contributed by atoms with Crippen molar-refractivity contribution in [1.29, 1.82) is 0 Å². The van der Waals surface area contributed by atoms with Crippen LogP contribution in [0, 0.1) is 0 Å². The molecule has 2 rings (SSSR count). The fourth-order valence-corrected chi connectivity index (χ4v) is 2.90. The van der Waals surface area contributed by atoms with Gasteiger partial charge in [-0.1, -0.05) is 31.7 Å². The monoisotopic (exact) mass is 459 g/mol. The molecule has 0 aliphatic heterocycles. The highest BCUT2D eigenvalue weighted by molar-refractivity contribution is 14.0. The number of carbonyl (C=O) groups is 1. The maximum atomic E-state index is 12.1. The summed E-state index contributed by atoms with van der Waals surface area (Å²) in [4.78, 5) is 22.3. The lowest BCUT2D eigenvalue weighted by Gasteiger charge is -2.18. The summed E-state index contributed by atoms with van der Waals surface area (Å²) in [5.41, 5.74) is 6.91. The summed E-state index contributed by atoms with van der Waals surface area (Å²) in [6.45, 7) is 0.714. The Hall–Kier alpha value is -1.38. The second kappa shape index (κ2) is 12.1. The van der Waals surface area contributed by atoms with E-state index in [1.54, 1.807) is 18.1 Å². The molecule has 1 heterocycles. The van der Waals surface area contributed by atoms with Crippen molar-refractivity contribution in [3.8, 4) is 0 Å². The molecule has 1 aromatic heterocycles. The largest absolute Gasteiger partial charge is 0.370 e. The lowest BCUT2D eigenvalue weighted by molar-refractivity contribution is -0.128. The summed E-state index contributed by atoms with van der Waals surface area (Å²) < 4.78 is 0. The fourth-order valence-electron chi connectivity index (χ4n) is 2.90. The Balaban J connectivity index is 0.00000312. The molecule has 1 fully saturated rings. The van der Waals surface area contributed by atoms with E-state index in [2.05, 4.69) is 15.3 Å². The molecule has 0 bridgehead atoms. The predicted molar refractivity (Wildman–Crippen MR) is 112 cm³/mol. The lowest BCUT2D eigenvalue weighted by Crippen LogP contribution is -2.40. The van der Waals surface area contributed by atoms with E-state index < -0.39 is 0 Å². The third-order valence-electron chi connectivity index (χ3n) is 4.45. The third kappa shape index (κ3) is 8.51. The van der Waals surface area contributed by atoms with E-state index in [0.29, 0.717) is 18.5 Å². The van der Waals surface area contributed by atoms with E-state index >= 15 is 0 Å². The van der Waals surface area contributed by atoms with Crippen LogP contribution in [0.1, 0.15) is 44.2 Å². The van der Waals surface area contributed by atoms with E-state index in [9.17, 15) is 4.79 Å². The van der Waals surface area contributed by atoms with Crippen molar-refractivity contribution in [2.45, 2.75) is 51.0 Å². The smallest absolute Gasteiger partial charge is 0.244 e. The minimum absolute atomic E-state index is 0. The molecule has 0 aromatic carbocycles. The average molecular weight is 459 g/mol. The molecule has 1 amide bonds. The highest BCUT2D eigenvalue weighted by Gasteiger charge is 2.13. The van der Waals surface area contributed by atoms with Gasteiger partial charge in [-0.15, -0.1) is 24.0 Å². The number of aromatic nitrogens is 1. The summed E-state index contributed by atoms with van der Waals surface area (Å²) in [5, 5.41) is 3.26. The predicted octanol–water partition coefficient (Wildman–Crippen LogP) is 2.33. The van der Waals surface area contributed by atoms with E-state index in [1.807, 2.05) is 18.2 Å². The summed E-state index contributed by atoms with van der Waals surface area (Å²) >= 11 is 0. The molecule has 1 aliphatic rings. The van der Waals surface area contributed by atoms with Gasteiger partial charge in [-0.05, 0) is 25.0 Å². The topological polar surface area (TPSA) is 83.6 Å². The van der Waals surface area contributed by atoms with Gasteiger partial charge >= 0.3 is 0 Å².